The molecule has 0 aromatic heterocycles. The number of benzene rings is 2. The van der Waals surface area contributed by atoms with Crippen molar-refractivity contribution in [2.75, 3.05) is 19.7 Å². The number of primary amides is 1. The van der Waals surface area contributed by atoms with Crippen molar-refractivity contribution in [2.24, 2.45) is 11.1 Å². The first kappa shape index (κ1) is 21.5. The Morgan fingerprint density at radius 2 is 1.83 bits per heavy atom. The van der Waals surface area contributed by atoms with Gasteiger partial charge in [0.05, 0.1) is 11.5 Å². The van der Waals surface area contributed by atoms with Crippen molar-refractivity contribution in [3.63, 3.8) is 0 Å². The number of hydrogen-bond acceptors (Lipinski definition) is 4. The van der Waals surface area contributed by atoms with Crippen LogP contribution in [0.1, 0.15) is 19.3 Å². The second kappa shape index (κ2) is 8.69. The fourth-order valence-electron chi connectivity index (χ4n) is 3.57. The van der Waals surface area contributed by atoms with Gasteiger partial charge in [-0.2, -0.15) is 4.31 Å². The number of sulfonamides is 1. The first-order chi connectivity index (χ1) is 13.7. The van der Waals surface area contributed by atoms with Crippen LogP contribution in [-0.4, -0.2) is 38.3 Å². The van der Waals surface area contributed by atoms with E-state index in [4.69, 9.17) is 22.1 Å². The Balaban J connectivity index is 1.82. The topological polar surface area (TPSA) is 89.7 Å². The fourth-order valence-corrected chi connectivity index (χ4v) is 5.29. The van der Waals surface area contributed by atoms with Crippen LogP contribution in [-0.2, 0) is 14.8 Å². The predicted molar refractivity (Wildman–Crippen MR) is 108 cm³/mol. The highest BCUT2D eigenvalue weighted by atomic mass is 35.5. The van der Waals surface area contributed by atoms with Gasteiger partial charge in [0, 0.05) is 29.9 Å². The number of hydrogen-bond donors (Lipinski definition) is 1. The highest BCUT2D eigenvalue weighted by molar-refractivity contribution is 7.89. The molecule has 1 saturated heterocycles. The molecule has 0 saturated carbocycles. The molecule has 1 aliphatic heterocycles. The zero-order valence-corrected chi connectivity index (χ0v) is 17.3. The molecule has 1 heterocycles. The normalized spacial score (nSPS) is 20.3. The number of carbonyl (C=O) groups is 1. The molecule has 2 N–H and O–H groups in total. The van der Waals surface area contributed by atoms with Crippen molar-refractivity contribution in [2.45, 2.75) is 24.2 Å². The quantitative estimate of drug-likeness (QED) is 0.715. The molecule has 2 aromatic carbocycles. The SMILES string of the molecule is NC(=O)C[C@]1(COc2ccc(Cl)cc2)CCCN(S(=O)(=O)c2ccc(F)cc2)C1. The van der Waals surface area contributed by atoms with E-state index in [2.05, 4.69) is 0 Å². The molecule has 3 rings (SSSR count). The van der Waals surface area contributed by atoms with Gasteiger partial charge in [-0.1, -0.05) is 11.6 Å². The van der Waals surface area contributed by atoms with Gasteiger partial charge in [-0.05, 0) is 61.4 Å². The minimum absolute atomic E-state index is 0.00394. The van der Waals surface area contributed by atoms with Gasteiger partial charge in [0.2, 0.25) is 15.9 Å². The Bertz CT molecular complexity index is 967. The summed E-state index contributed by atoms with van der Waals surface area (Å²) in [6, 6.07) is 11.5. The summed E-state index contributed by atoms with van der Waals surface area (Å²) in [6.07, 6.45) is 1.15. The van der Waals surface area contributed by atoms with Gasteiger partial charge in [0.25, 0.3) is 0 Å². The van der Waals surface area contributed by atoms with Gasteiger partial charge < -0.3 is 10.5 Å². The number of rotatable bonds is 7. The molecule has 1 fully saturated rings. The van der Waals surface area contributed by atoms with Crippen molar-refractivity contribution < 1.29 is 22.3 Å². The fraction of sp³-hybridized carbons (Fsp3) is 0.350. The van der Waals surface area contributed by atoms with Crippen molar-refractivity contribution in [1.82, 2.24) is 4.31 Å². The Labute approximate surface area is 174 Å². The summed E-state index contributed by atoms with van der Waals surface area (Å²) < 4.78 is 46.4. The van der Waals surface area contributed by atoms with Crippen LogP contribution in [0.2, 0.25) is 5.02 Å². The molecule has 9 heteroatoms. The second-order valence-corrected chi connectivity index (χ2v) is 9.66. The van der Waals surface area contributed by atoms with Crippen molar-refractivity contribution in [3.8, 4) is 5.75 Å². The summed E-state index contributed by atoms with van der Waals surface area (Å²) in [4.78, 5) is 11.7. The monoisotopic (exact) mass is 440 g/mol. The summed E-state index contributed by atoms with van der Waals surface area (Å²) in [5, 5.41) is 0.568. The average molecular weight is 441 g/mol. The van der Waals surface area contributed by atoms with E-state index in [1.54, 1.807) is 24.3 Å². The van der Waals surface area contributed by atoms with Gasteiger partial charge >= 0.3 is 0 Å². The van der Waals surface area contributed by atoms with E-state index < -0.39 is 27.2 Å². The minimum Gasteiger partial charge on any atom is -0.493 e. The molecule has 0 unspecified atom stereocenters. The van der Waals surface area contributed by atoms with E-state index in [0.29, 0.717) is 30.2 Å². The number of amides is 1. The minimum atomic E-state index is -3.83. The maximum Gasteiger partial charge on any atom is 0.243 e. The number of carbonyl (C=O) groups excluding carboxylic acids is 1. The zero-order valence-electron chi connectivity index (χ0n) is 15.7. The lowest BCUT2D eigenvalue weighted by atomic mass is 9.78. The lowest BCUT2D eigenvalue weighted by Gasteiger charge is -2.41. The van der Waals surface area contributed by atoms with E-state index in [-0.39, 0.29) is 24.5 Å². The van der Waals surface area contributed by atoms with E-state index in [1.165, 1.54) is 16.4 Å². The summed E-state index contributed by atoms with van der Waals surface area (Å²) in [6.45, 7) is 0.525. The highest BCUT2D eigenvalue weighted by Crippen LogP contribution is 2.36. The summed E-state index contributed by atoms with van der Waals surface area (Å²) >= 11 is 5.88. The number of nitrogens with zero attached hydrogens (tertiary/aromatic N) is 1. The third kappa shape index (κ3) is 5.26. The van der Waals surface area contributed by atoms with Crippen molar-refractivity contribution in [3.05, 3.63) is 59.4 Å². The number of piperidine rings is 1. The van der Waals surface area contributed by atoms with Crippen LogP contribution in [0, 0.1) is 11.2 Å². The molecule has 1 atom stereocenters. The van der Waals surface area contributed by atoms with Gasteiger partial charge in [0.15, 0.2) is 0 Å². The van der Waals surface area contributed by atoms with E-state index in [1.807, 2.05) is 0 Å². The van der Waals surface area contributed by atoms with Crippen LogP contribution in [0.4, 0.5) is 4.39 Å². The highest BCUT2D eigenvalue weighted by Gasteiger charge is 2.42. The molecule has 1 aliphatic rings. The molecule has 156 valence electrons. The molecular weight excluding hydrogens is 419 g/mol. The Morgan fingerprint density at radius 1 is 1.17 bits per heavy atom. The van der Waals surface area contributed by atoms with Gasteiger partial charge in [-0.15, -0.1) is 0 Å². The molecule has 0 bridgehead atoms. The van der Waals surface area contributed by atoms with Crippen LogP contribution >= 0.6 is 11.6 Å². The van der Waals surface area contributed by atoms with E-state index in [0.717, 1.165) is 12.1 Å². The number of nitrogens with two attached hydrogens (primary N) is 1. The lowest BCUT2D eigenvalue weighted by molar-refractivity contribution is -0.121. The molecule has 0 aliphatic carbocycles. The smallest absolute Gasteiger partial charge is 0.243 e. The Morgan fingerprint density at radius 3 is 2.45 bits per heavy atom. The van der Waals surface area contributed by atoms with Crippen LogP contribution in [0.25, 0.3) is 0 Å². The maximum atomic E-state index is 13.2. The van der Waals surface area contributed by atoms with E-state index in [9.17, 15) is 17.6 Å². The molecular formula is C20H22ClFN2O4S. The van der Waals surface area contributed by atoms with E-state index >= 15 is 0 Å². The standard InChI is InChI=1S/C20H22ClFN2O4S/c21-15-2-6-17(7-3-15)28-14-20(12-19(23)25)10-1-11-24(13-20)29(26,27)18-8-4-16(22)5-9-18/h2-9H,1,10-14H2,(H2,23,25)/t20-/m1/s1. The van der Waals surface area contributed by atoms with Crippen LogP contribution < -0.4 is 10.5 Å². The van der Waals surface area contributed by atoms with Crippen molar-refractivity contribution >= 4 is 27.5 Å². The van der Waals surface area contributed by atoms with Gasteiger partial charge in [0.1, 0.15) is 11.6 Å². The second-order valence-electron chi connectivity index (χ2n) is 7.28. The van der Waals surface area contributed by atoms with Crippen LogP contribution in [0.5, 0.6) is 5.75 Å². The Kier molecular flexibility index (Phi) is 6.45. The van der Waals surface area contributed by atoms with Gasteiger partial charge in [-0.25, -0.2) is 12.8 Å². The first-order valence-electron chi connectivity index (χ1n) is 9.13. The summed E-state index contributed by atoms with van der Waals surface area (Å²) in [5.74, 6) is -0.468. The predicted octanol–water partition coefficient (Wildman–Crippen LogP) is 3.20. The van der Waals surface area contributed by atoms with Crippen LogP contribution in [0.3, 0.4) is 0 Å². The van der Waals surface area contributed by atoms with Crippen molar-refractivity contribution in [1.29, 1.82) is 0 Å². The Hall–Kier alpha value is -2.16. The molecule has 6 nitrogen and oxygen atoms in total. The third-order valence-corrected chi connectivity index (χ3v) is 7.10. The zero-order chi connectivity index (χ0) is 21.1. The molecule has 2 aromatic rings. The average Bonchev–Trinajstić information content (AvgIpc) is 2.67. The molecule has 29 heavy (non-hydrogen) atoms. The number of ether oxygens (including phenoxy) is 1. The summed E-state index contributed by atoms with van der Waals surface area (Å²) in [5.41, 5.74) is 4.70. The molecule has 0 spiro atoms. The first-order valence-corrected chi connectivity index (χ1v) is 10.9. The number of halogens is 2. The maximum absolute atomic E-state index is 13.2. The lowest BCUT2D eigenvalue weighted by Crippen LogP contribution is -2.50. The molecule has 1 amide bonds. The third-order valence-electron chi connectivity index (χ3n) is 4.99. The molecule has 0 radical (unpaired) electrons. The van der Waals surface area contributed by atoms with Gasteiger partial charge in [-0.3, -0.25) is 4.79 Å². The largest absolute Gasteiger partial charge is 0.493 e. The van der Waals surface area contributed by atoms with Crippen LogP contribution in [0.15, 0.2) is 53.4 Å². The summed E-state index contributed by atoms with van der Waals surface area (Å²) in [7, 11) is -3.83.